The van der Waals surface area contributed by atoms with Gasteiger partial charge in [0.1, 0.15) is 5.69 Å². The maximum absolute atomic E-state index is 12.5. The van der Waals surface area contributed by atoms with E-state index in [0.717, 1.165) is 18.5 Å². The van der Waals surface area contributed by atoms with Gasteiger partial charge in [-0.05, 0) is 42.5 Å². The minimum absolute atomic E-state index is 0.113. The summed E-state index contributed by atoms with van der Waals surface area (Å²) >= 11 is 0. The molecule has 0 aliphatic heterocycles. The average Bonchev–Trinajstić information content (AvgIpc) is 2.91. The highest BCUT2D eigenvalue weighted by Crippen LogP contribution is 2.20. The van der Waals surface area contributed by atoms with E-state index in [-0.39, 0.29) is 11.9 Å². The van der Waals surface area contributed by atoms with Crippen molar-refractivity contribution in [1.82, 2.24) is 15.3 Å². The van der Waals surface area contributed by atoms with Crippen molar-refractivity contribution in [1.29, 1.82) is 0 Å². The molecule has 1 aliphatic rings. The van der Waals surface area contributed by atoms with Crippen molar-refractivity contribution in [2.24, 2.45) is 0 Å². The number of anilines is 2. The number of amides is 1. The third-order valence-electron chi connectivity index (χ3n) is 4.91. The average molecular weight is 352 g/mol. The van der Waals surface area contributed by atoms with Gasteiger partial charge in [0.25, 0.3) is 5.91 Å². The largest absolute Gasteiger partial charge is 0.348 e. The summed E-state index contributed by atoms with van der Waals surface area (Å²) in [7, 11) is 0. The Labute approximate surface area is 155 Å². The molecule has 1 heterocycles. The van der Waals surface area contributed by atoms with Crippen molar-refractivity contribution in [2.45, 2.75) is 64.3 Å². The molecule has 138 valence electrons. The first-order chi connectivity index (χ1) is 12.6. The lowest BCUT2D eigenvalue weighted by Gasteiger charge is -2.16. The molecule has 1 fully saturated rings. The van der Waals surface area contributed by atoms with Crippen molar-refractivity contribution >= 4 is 17.5 Å². The van der Waals surface area contributed by atoms with Crippen LogP contribution in [-0.4, -0.2) is 21.9 Å². The maximum atomic E-state index is 12.5. The van der Waals surface area contributed by atoms with Crippen LogP contribution in [0, 0.1) is 0 Å². The van der Waals surface area contributed by atoms with Gasteiger partial charge in [0.05, 0.1) is 0 Å². The van der Waals surface area contributed by atoms with Gasteiger partial charge >= 0.3 is 0 Å². The predicted octanol–water partition coefficient (Wildman–Crippen LogP) is 4.80. The Balaban J connectivity index is 1.64. The molecule has 2 aromatic rings. The first-order valence-corrected chi connectivity index (χ1v) is 9.63. The first kappa shape index (κ1) is 18.4. The lowest BCUT2D eigenvalue weighted by molar-refractivity contribution is 0.0928. The van der Waals surface area contributed by atoms with Gasteiger partial charge in [-0.25, -0.2) is 9.97 Å². The van der Waals surface area contributed by atoms with Crippen LogP contribution in [0.2, 0.25) is 0 Å². The molecule has 0 atom stereocenters. The van der Waals surface area contributed by atoms with Crippen molar-refractivity contribution in [2.75, 3.05) is 5.32 Å². The Morgan fingerprint density at radius 2 is 1.73 bits per heavy atom. The standard InChI is InChI=1S/C21H28N4O/c1-15(2)16-9-11-18(12-10-16)24-21-22-14-13-19(25-21)20(26)23-17-7-5-3-4-6-8-17/h9-15,17H,3-8H2,1-2H3,(H,23,26)(H,22,24,25). The quantitative estimate of drug-likeness (QED) is 0.759. The Bertz CT molecular complexity index is 719. The van der Waals surface area contributed by atoms with Gasteiger partial charge in [0.15, 0.2) is 0 Å². The summed E-state index contributed by atoms with van der Waals surface area (Å²) in [4.78, 5) is 21.1. The summed E-state index contributed by atoms with van der Waals surface area (Å²) in [5, 5.41) is 6.31. The minimum Gasteiger partial charge on any atom is -0.348 e. The first-order valence-electron chi connectivity index (χ1n) is 9.63. The van der Waals surface area contributed by atoms with Crippen molar-refractivity contribution in [3.05, 3.63) is 47.8 Å². The summed E-state index contributed by atoms with van der Waals surface area (Å²) in [6, 6.07) is 10.1. The van der Waals surface area contributed by atoms with Crippen molar-refractivity contribution < 1.29 is 4.79 Å². The summed E-state index contributed by atoms with van der Waals surface area (Å²) in [5.74, 6) is 0.824. The molecule has 0 bridgehead atoms. The molecule has 1 saturated carbocycles. The maximum Gasteiger partial charge on any atom is 0.270 e. The monoisotopic (exact) mass is 352 g/mol. The van der Waals surface area contributed by atoms with E-state index in [0.29, 0.717) is 17.6 Å². The number of carbonyl (C=O) groups is 1. The van der Waals surface area contributed by atoms with Gasteiger partial charge in [-0.2, -0.15) is 0 Å². The summed E-state index contributed by atoms with van der Waals surface area (Å²) in [6.45, 7) is 4.34. The Kier molecular flexibility index (Phi) is 6.21. The number of carbonyl (C=O) groups excluding carboxylic acids is 1. The fraction of sp³-hybridized carbons (Fsp3) is 0.476. The number of hydrogen-bond donors (Lipinski definition) is 2. The van der Waals surface area contributed by atoms with Crippen LogP contribution < -0.4 is 10.6 Å². The lowest BCUT2D eigenvalue weighted by atomic mass is 10.0. The van der Waals surface area contributed by atoms with E-state index in [1.54, 1.807) is 12.3 Å². The van der Waals surface area contributed by atoms with Crippen molar-refractivity contribution in [3.63, 3.8) is 0 Å². The van der Waals surface area contributed by atoms with Gasteiger partial charge < -0.3 is 10.6 Å². The van der Waals surface area contributed by atoms with Crippen LogP contribution in [0.15, 0.2) is 36.5 Å². The Morgan fingerprint density at radius 1 is 1.04 bits per heavy atom. The fourth-order valence-electron chi connectivity index (χ4n) is 3.31. The smallest absolute Gasteiger partial charge is 0.270 e. The minimum atomic E-state index is -0.113. The predicted molar refractivity (Wildman–Crippen MR) is 105 cm³/mol. The molecule has 0 radical (unpaired) electrons. The molecular formula is C21H28N4O. The number of benzene rings is 1. The number of hydrogen-bond acceptors (Lipinski definition) is 4. The third kappa shape index (κ3) is 5.04. The molecule has 0 spiro atoms. The molecule has 0 saturated heterocycles. The molecular weight excluding hydrogens is 324 g/mol. The van der Waals surface area contributed by atoms with E-state index >= 15 is 0 Å². The second-order valence-electron chi connectivity index (χ2n) is 7.33. The molecule has 1 aromatic heterocycles. The molecule has 2 N–H and O–H groups in total. The fourth-order valence-corrected chi connectivity index (χ4v) is 3.31. The van der Waals surface area contributed by atoms with E-state index in [1.807, 2.05) is 12.1 Å². The molecule has 3 rings (SSSR count). The highest BCUT2D eigenvalue weighted by Gasteiger charge is 2.17. The van der Waals surface area contributed by atoms with E-state index < -0.39 is 0 Å². The summed E-state index contributed by atoms with van der Waals surface area (Å²) in [5.41, 5.74) is 2.61. The van der Waals surface area contributed by atoms with E-state index in [4.69, 9.17) is 0 Å². The second-order valence-corrected chi connectivity index (χ2v) is 7.33. The molecule has 26 heavy (non-hydrogen) atoms. The molecule has 5 heteroatoms. The van der Waals surface area contributed by atoms with Crippen LogP contribution in [0.3, 0.4) is 0 Å². The third-order valence-corrected chi connectivity index (χ3v) is 4.91. The van der Waals surface area contributed by atoms with Gasteiger partial charge in [-0.15, -0.1) is 0 Å². The highest BCUT2D eigenvalue weighted by atomic mass is 16.1. The summed E-state index contributed by atoms with van der Waals surface area (Å²) in [6.07, 6.45) is 8.66. The lowest BCUT2D eigenvalue weighted by Crippen LogP contribution is -2.35. The van der Waals surface area contributed by atoms with E-state index in [1.165, 1.54) is 31.2 Å². The van der Waals surface area contributed by atoms with Gasteiger partial charge in [0, 0.05) is 17.9 Å². The zero-order valence-corrected chi connectivity index (χ0v) is 15.7. The topological polar surface area (TPSA) is 66.9 Å². The zero-order chi connectivity index (χ0) is 18.4. The van der Waals surface area contributed by atoms with Crippen LogP contribution in [0.1, 0.15) is 74.3 Å². The van der Waals surface area contributed by atoms with Crippen LogP contribution >= 0.6 is 0 Å². The Hall–Kier alpha value is -2.43. The number of rotatable bonds is 5. The van der Waals surface area contributed by atoms with Gasteiger partial charge in [-0.1, -0.05) is 51.7 Å². The van der Waals surface area contributed by atoms with Crippen LogP contribution in [0.5, 0.6) is 0 Å². The number of aromatic nitrogens is 2. The molecule has 1 aliphatic carbocycles. The van der Waals surface area contributed by atoms with E-state index in [9.17, 15) is 4.79 Å². The number of nitrogens with one attached hydrogen (secondary N) is 2. The summed E-state index contributed by atoms with van der Waals surface area (Å²) < 4.78 is 0. The second kappa shape index (κ2) is 8.79. The molecule has 1 amide bonds. The van der Waals surface area contributed by atoms with Gasteiger partial charge in [0.2, 0.25) is 5.95 Å². The highest BCUT2D eigenvalue weighted by molar-refractivity contribution is 5.92. The normalized spacial score (nSPS) is 15.5. The van der Waals surface area contributed by atoms with Crippen LogP contribution in [0.4, 0.5) is 11.6 Å². The zero-order valence-electron chi connectivity index (χ0n) is 15.7. The van der Waals surface area contributed by atoms with Crippen LogP contribution in [-0.2, 0) is 0 Å². The Morgan fingerprint density at radius 3 is 2.38 bits per heavy atom. The molecule has 1 aromatic carbocycles. The van der Waals surface area contributed by atoms with Crippen molar-refractivity contribution in [3.8, 4) is 0 Å². The van der Waals surface area contributed by atoms with Gasteiger partial charge in [-0.3, -0.25) is 4.79 Å². The number of nitrogens with zero attached hydrogens (tertiary/aromatic N) is 2. The molecule has 5 nitrogen and oxygen atoms in total. The SMILES string of the molecule is CC(C)c1ccc(Nc2nccc(C(=O)NC3CCCCCC3)n2)cc1. The van der Waals surface area contributed by atoms with E-state index in [2.05, 4.69) is 46.6 Å². The van der Waals surface area contributed by atoms with Crippen LogP contribution in [0.25, 0.3) is 0 Å². The molecule has 0 unspecified atom stereocenters.